The summed E-state index contributed by atoms with van der Waals surface area (Å²) in [6.07, 6.45) is -0.0640. The quantitative estimate of drug-likeness (QED) is 0.649. The number of carbonyl (C=O) groups excluding carboxylic acids is 2. The first-order chi connectivity index (χ1) is 14.3. The zero-order chi connectivity index (χ0) is 21.8. The van der Waals surface area contributed by atoms with Crippen LogP contribution >= 0.6 is 0 Å². The van der Waals surface area contributed by atoms with E-state index in [0.29, 0.717) is 23.6 Å². The van der Waals surface area contributed by atoms with Crippen LogP contribution < -0.4 is 4.74 Å². The summed E-state index contributed by atoms with van der Waals surface area (Å²) in [6, 6.07) is 15.6. The van der Waals surface area contributed by atoms with Gasteiger partial charge in [-0.05, 0) is 39.3 Å². The van der Waals surface area contributed by atoms with Gasteiger partial charge in [-0.2, -0.15) is 0 Å². The zero-order valence-electron chi connectivity index (χ0n) is 18.3. The van der Waals surface area contributed by atoms with Crippen molar-refractivity contribution in [3.8, 4) is 5.75 Å². The Kier molecular flexibility index (Phi) is 6.60. The smallest absolute Gasteiger partial charge is 0.336 e. The van der Waals surface area contributed by atoms with Crippen molar-refractivity contribution in [2.75, 3.05) is 7.11 Å². The van der Waals surface area contributed by atoms with Gasteiger partial charge in [0, 0.05) is 23.6 Å². The van der Waals surface area contributed by atoms with Gasteiger partial charge in [0.1, 0.15) is 5.75 Å². The number of rotatable bonds is 6. The molecule has 5 nitrogen and oxygen atoms in total. The van der Waals surface area contributed by atoms with Gasteiger partial charge in [-0.15, -0.1) is 0 Å². The molecule has 1 aliphatic rings. The molecule has 1 atom stereocenters. The lowest BCUT2D eigenvalue weighted by atomic mass is 9.83. The van der Waals surface area contributed by atoms with E-state index in [2.05, 4.69) is 0 Å². The van der Waals surface area contributed by atoms with Crippen LogP contribution in [-0.4, -0.2) is 30.0 Å². The zero-order valence-corrected chi connectivity index (χ0v) is 18.3. The number of methoxy groups -OCH3 is 1. The minimum atomic E-state index is -0.408. The number of para-hydroxylation sites is 1. The lowest BCUT2D eigenvalue weighted by Crippen LogP contribution is -2.38. The first-order valence-electron chi connectivity index (χ1n) is 10.2. The van der Waals surface area contributed by atoms with Gasteiger partial charge < -0.3 is 14.4 Å². The molecule has 30 heavy (non-hydrogen) atoms. The second-order valence-electron chi connectivity index (χ2n) is 7.92. The van der Waals surface area contributed by atoms with Crippen LogP contribution in [-0.2, 0) is 20.9 Å². The number of ether oxygens (including phenoxy) is 2. The number of allylic oxidation sites excluding steroid dienone is 1. The number of amides is 1. The van der Waals surface area contributed by atoms with Crippen LogP contribution in [0.4, 0.5) is 0 Å². The van der Waals surface area contributed by atoms with Gasteiger partial charge in [0.2, 0.25) is 5.91 Å². The summed E-state index contributed by atoms with van der Waals surface area (Å²) < 4.78 is 11.1. The first kappa shape index (κ1) is 21.6. The van der Waals surface area contributed by atoms with Crippen LogP contribution in [0.1, 0.15) is 49.8 Å². The second kappa shape index (κ2) is 9.16. The van der Waals surface area contributed by atoms with Crippen LogP contribution in [0.15, 0.2) is 59.8 Å². The van der Waals surface area contributed by atoms with Crippen molar-refractivity contribution >= 4 is 11.9 Å². The minimum Gasteiger partial charge on any atom is -0.496 e. The van der Waals surface area contributed by atoms with E-state index in [4.69, 9.17) is 9.47 Å². The van der Waals surface area contributed by atoms with E-state index in [9.17, 15) is 9.59 Å². The fourth-order valence-electron chi connectivity index (χ4n) is 3.84. The molecule has 1 amide bonds. The van der Waals surface area contributed by atoms with Crippen molar-refractivity contribution in [2.24, 2.45) is 0 Å². The SMILES string of the molecule is COc1ccccc1[C@@H]1CC(=O)N(Cc2ccc(C)cc2)C(C)=C1C(=O)OC(C)C. The third kappa shape index (κ3) is 4.56. The van der Waals surface area contributed by atoms with Crippen LogP contribution in [0.5, 0.6) is 5.75 Å². The van der Waals surface area contributed by atoms with Gasteiger partial charge in [0.15, 0.2) is 0 Å². The Morgan fingerprint density at radius 2 is 1.77 bits per heavy atom. The van der Waals surface area contributed by atoms with E-state index in [0.717, 1.165) is 16.7 Å². The highest BCUT2D eigenvalue weighted by Gasteiger charge is 2.38. The lowest BCUT2D eigenvalue weighted by Gasteiger charge is -2.35. The number of nitrogens with zero attached hydrogens (tertiary/aromatic N) is 1. The molecule has 1 heterocycles. The Hall–Kier alpha value is -3.08. The molecule has 0 saturated carbocycles. The minimum absolute atomic E-state index is 0.0231. The maximum atomic E-state index is 13.1. The van der Waals surface area contributed by atoms with Gasteiger partial charge in [-0.1, -0.05) is 48.0 Å². The number of carbonyl (C=O) groups is 2. The Labute approximate surface area is 178 Å². The number of aryl methyl sites for hydroxylation is 1. The highest BCUT2D eigenvalue weighted by atomic mass is 16.5. The molecule has 1 aliphatic heterocycles. The molecule has 0 aliphatic carbocycles. The molecule has 0 radical (unpaired) electrons. The molecule has 2 aromatic carbocycles. The Balaban J connectivity index is 2.06. The maximum absolute atomic E-state index is 13.1. The monoisotopic (exact) mass is 407 g/mol. The summed E-state index contributed by atoms with van der Waals surface area (Å²) in [5.74, 6) is -0.163. The van der Waals surface area contributed by atoms with E-state index in [1.165, 1.54) is 0 Å². The molecule has 0 aromatic heterocycles. The summed E-state index contributed by atoms with van der Waals surface area (Å²) in [7, 11) is 1.59. The average molecular weight is 408 g/mol. The maximum Gasteiger partial charge on any atom is 0.336 e. The number of esters is 1. The first-order valence-corrected chi connectivity index (χ1v) is 10.2. The summed E-state index contributed by atoms with van der Waals surface area (Å²) in [5.41, 5.74) is 4.14. The van der Waals surface area contributed by atoms with Crippen molar-refractivity contribution in [3.05, 3.63) is 76.5 Å². The van der Waals surface area contributed by atoms with Crippen molar-refractivity contribution < 1.29 is 19.1 Å². The van der Waals surface area contributed by atoms with Crippen molar-refractivity contribution in [2.45, 2.75) is 52.7 Å². The predicted molar refractivity (Wildman–Crippen MR) is 116 cm³/mol. The molecule has 3 rings (SSSR count). The molecule has 158 valence electrons. The summed E-state index contributed by atoms with van der Waals surface area (Å²) >= 11 is 0. The molecule has 0 unspecified atom stereocenters. The van der Waals surface area contributed by atoms with Gasteiger partial charge in [-0.25, -0.2) is 4.79 Å². The standard InChI is InChI=1S/C25H29NO4/c1-16(2)30-25(28)24-18(4)26(15-19-12-10-17(3)11-13-19)23(27)14-21(24)20-8-6-7-9-22(20)29-5/h6-13,16,21H,14-15H2,1-5H3/t21-/m0/s1. The average Bonchev–Trinajstić information content (AvgIpc) is 2.71. The Morgan fingerprint density at radius 3 is 2.40 bits per heavy atom. The Bertz CT molecular complexity index is 959. The highest BCUT2D eigenvalue weighted by molar-refractivity contribution is 5.96. The molecule has 0 saturated heterocycles. The fraction of sp³-hybridized carbons (Fsp3) is 0.360. The molecule has 2 aromatic rings. The van der Waals surface area contributed by atoms with Crippen LogP contribution in [0.2, 0.25) is 0 Å². The van der Waals surface area contributed by atoms with Crippen LogP contribution in [0, 0.1) is 6.92 Å². The van der Waals surface area contributed by atoms with Gasteiger partial charge in [0.25, 0.3) is 0 Å². The molecule has 0 N–H and O–H groups in total. The van der Waals surface area contributed by atoms with E-state index >= 15 is 0 Å². The fourth-order valence-corrected chi connectivity index (χ4v) is 3.84. The van der Waals surface area contributed by atoms with Crippen LogP contribution in [0.3, 0.4) is 0 Å². The molecule has 0 bridgehead atoms. The number of benzene rings is 2. The molecular weight excluding hydrogens is 378 g/mol. The predicted octanol–water partition coefficient (Wildman–Crippen LogP) is 4.75. The van der Waals surface area contributed by atoms with Crippen molar-refractivity contribution in [1.82, 2.24) is 4.90 Å². The van der Waals surface area contributed by atoms with Crippen LogP contribution in [0.25, 0.3) is 0 Å². The number of hydrogen-bond acceptors (Lipinski definition) is 4. The third-order valence-corrected chi connectivity index (χ3v) is 5.36. The molecule has 5 heteroatoms. The molecule has 0 fully saturated rings. The second-order valence-corrected chi connectivity index (χ2v) is 7.92. The topological polar surface area (TPSA) is 55.8 Å². The van der Waals surface area contributed by atoms with E-state index in [-0.39, 0.29) is 24.4 Å². The summed E-state index contributed by atoms with van der Waals surface area (Å²) in [4.78, 5) is 27.9. The van der Waals surface area contributed by atoms with E-state index in [1.54, 1.807) is 12.0 Å². The lowest BCUT2D eigenvalue weighted by molar-refractivity contribution is -0.143. The van der Waals surface area contributed by atoms with Gasteiger partial charge in [-0.3, -0.25) is 4.79 Å². The number of hydrogen-bond donors (Lipinski definition) is 0. The van der Waals surface area contributed by atoms with Crippen molar-refractivity contribution in [1.29, 1.82) is 0 Å². The van der Waals surface area contributed by atoms with Gasteiger partial charge in [0.05, 0.1) is 25.3 Å². The van der Waals surface area contributed by atoms with Crippen molar-refractivity contribution in [3.63, 3.8) is 0 Å². The van der Waals surface area contributed by atoms with E-state index < -0.39 is 5.92 Å². The highest BCUT2D eigenvalue weighted by Crippen LogP contribution is 2.41. The summed E-state index contributed by atoms with van der Waals surface area (Å²) in [6.45, 7) is 7.92. The molecular formula is C25H29NO4. The van der Waals surface area contributed by atoms with Gasteiger partial charge >= 0.3 is 5.97 Å². The van der Waals surface area contributed by atoms with E-state index in [1.807, 2.05) is 76.2 Å². The molecule has 0 spiro atoms. The summed E-state index contributed by atoms with van der Waals surface area (Å²) in [5, 5.41) is 0. The largest absolute Gasteiger partial charge is 0.496 e. The Morgan fingerprint density at radius 1 is 1.10 bits per heavy atom. The normalized spacial score (nSPS) is 16.8. The third-order valence-electron chi connectivity index (χ3n) is 5.36.